The van der Waals surface area contributed by atoms with Crippen LogP contribution >= 0.6 is 0 Å². The van der Waals surface area contributed by atoms with Gasteiger partial charge < -0.3 is 25.2 Å². The highest BCUT2D eigenvalue weighted by Crippen LogP contribution is 2.38. The van der Waals surface area contributed by atoms with E-state index in [4.69, 9.17) is 9.72 Å². The number of nitrogens with one attached hydrogen (secondary N) is 2. The number of ether oxygens (including phenoxy) is 1. The number of hydrogen-bond acceptors (Lipinski definition) is 6. The Bertz CT molecular complexity index is 955. The summed E-state index contributed by atoms with van der Waals surface area (Å²) in [6.07, 6.45) is 0.868. The lowest BCUT2D eigenvalue weighted by Gasteiger charge is -2.39. The van der Waals surface area contributed by atoms with Gasteiger partial charge in [-0.2, -0.15) is 0 Å². The molecule has 1 aromatic heterocycles. The fourth-order valence-corrected chi connectivity index (χ4v) is 4.32. The smallest absolute Gasteiger partial charge is 0.252 e. The van der Waals surface area contributed by atoms with E-state index in [1.165, 1.54) is 5.56 Å². The third kappa shape index (κ3) is 4.95. The number of rotatable bonds is 9. The highest BCUT2D eigenvalue weighted by Gasteiger charge is 2.33. The predicted molar refractivity (Wildman–Crippen MR) is 128 cm³/mol. The fourth-order valence-electron chi connectivity index (χ4n) is 4.32. The van der Waals surface area contributed by atoms with Gasteiger partial charge in [-0.15, -0.1) is 0 Å². The summed E-state index contributed by atoms with van der Waals surface area (Å²) >= 11 is 0. The van der Waals surface area contributed by atoms with Crippen LogP contribution < -0.4 is 15.5 Å². The van der Waals surface area contributed by atoms with Crippen LogP contribution in [-0.2, 0) is 17.8 Å². The molecule has 7 heteroatoms. The number of fused-ring (bicyclic) bond motifs is 1. The van der Waals surface area contributed by atoms with Gasteiger partial charge in [-0.05, 0) is 52.1 Å². The van der Waals surface area contributed by atoms with E-state index in [-0.39, 0.29) is 11.9 Å². The molecule has 4 rings (SSSR count). The Hall–Kier alpha value is -2.48. The van der Waals surface area contributed by atoms with E-state index in [1.807, 2.05) is 13.1 Å². The van der Waals surface area contributed by atoms with Gasteiger partial charge >= 0.3 is 0 Å². The first-order valence-electron chi connectivity index (χ1n) is 11.6. The molecule has 1 atom stereocenters. The summed E-state index contributed by atoms with van der Waals surface area (Å²) in [4.78, 5) is 22.7. The summed E-state index contributed by atoms with van der Waals surface area (Å²) in [5, 5.41) is 6.35. The number of hydrogen-bond donors (Lipinski definition) is 2. The van der Waals surface area contributed by atoms with Crippen molar-refractivity contribution in [3.8, 4) is 11.3 Å². The number of anilines is 1. The maximum absolute atomic E-state index is 13.2. The molecule has 2 aliphatic heterocycles. The third-order valence-electron chi connectivity index (χ3n) is 6.25. The standard InChI is InChI=1S/C25H35N5O2/c1-17(2)30-15-22-21(25(31)27-20-8-11-32-16-20)13-23(28-24(22)30)19-7-5-6-18(12-19)14-29(4)10-9-26-3/h5-7,12-13,17,20,26H,8-11,14-16H2,1-4H3,(H,27,31). The van der Waals surface area contributed by atoms with Crippen molar-refractivity contribution in [3.05, 3.63) is 47.0 Å². The second kappa shape index (κ2) is 9.98. The zero-order valence-corrected chi connectivity index (χ0v) is 19.6. The van der Waals surface area contributed by atoms with Crippen LogP contribution in [0.25, 0.3) is 11.3 Å². The first-order valence-corrected chi connectivity index (χ1v) is 11.6. The summed E-state index contributed by atoms with van der Waals surface area (Å²) in [5.74, 6) is 0.911. The average molecular weight is 438 g/mol. The van der Waals surface area contributed by atoms with E-state index in [1.54, 1.807) is 0 Å². The molecule has 2 aliphatic rings. The summed E-state index contributed by atoms with van der Waals surface area (Å²) in [7, 11) is 4.10. The number of pyridine rings is 1. The summed E-state index contributed by atoms with van der Waals surface area (Å²) in [5.41, 5.74) is 4.91. The van der Waals surface area contributed by atoms with Crippen LogP contribution in [0.5, 0.6) is 0 Å². The first kappa shape index (κ1) is 22.7. The van der Waals surface area contributed by atoms with Crippen molar-refractivity contribution in [2.45, 2.75) is 45.4 Å². The van der Waals surface area contributed by atoms with Crippen molar-refractivity contribution in [3.63, 3.8) is 0 Å². The van der Waals surface area contributed by atoms with Crippen LogP contribution in [0.3, 0.4) is 0 Å². The minimum Gasteiger partial charge on any atom is -0.379 e. The van der Waals surface area contributed by atoms with Crippen molar-refractivity contribution in [1.29, 1.82) is 0 Å². The Kier molecular flexibility index (Phi) is 7.08. The maximum atomic E-state index is 13.2. The Morgan fingerprint density at radius 3 is 2.91 bits per heavy atom. The van der Waals surface area contributed by atoms with Crippen molar-refractivity contribution in [1.82, 2.24) is 20.5 Å². The van der Waals surface area contributed by atoms with Crippen LogP contribution in [0, 0.1) is 0 Å². The first-order chi connectivity index (χ1) is 15.5. The normalized spacial score (nSPS) is 17.6. The minimum absolute atomic E-state index is 0.0215. The van der Waals surface area contributed by atoms with Crippen LogP contribution in [-0.4, -0.2) is 68.3 Å². The lowest BCUT2D eigenvalue weighted by molar-refractivity contribution is 0.0928. The monoisotopic (exact) mass is 437 g/mol. The minimum atomic E-state index is -0.0215. The Labute approximate surface area is 191 Å². The van der Waals surface area contributed by atoms with E-state index in [0.717, 1.165) is 60.8 Å². The van der Waals surface area contributed by atoms with Gasteiger partial charge in [0.05, 0.1) is 23.9 Å². The number of benzene rings is 1. The molecular formula is C25H35N5O2. The highest BCUT2D eigenvalue weighted by molar-refractivity contribution is 5.99. The van der Waals surface area contributed by atoms with Crippen LogP contribution in [0.2, 0.25) is 0 Å². The molecule has 0 aliphatic carbocycles. The molecule has 0 radical (unpaired) electrons. The molecule has 1 saturated heterocycles. The Morgan fingerprint density at radius 1 is 1.34 bits per heavy atom. The quantitative estimate of drug-likeness (QED) is 0.629. The lowest BCUT2D eigenvalue weighted by atomic mass is 9.96. The second-order valence-electron chi connectivity index (χ2n) is 9.15. The Morgan fingerprint density at radius 2 is 2.19 bits per heavy atom. The van der Waals surface area contributed by atoms with Gasteiger partial charge in [-0.25, -0.2) is 4.98 Å². The van der Waals surface area contributed by atoms with Crippen molar-refractivity contribution in [2.75, 3.05) is 45.3 Å². The molecule has 0 saturated carbocycles. The molecule has 0 spiro atoms. The highest BCUT2D eigenvalue weighted by atomic mass is 16.5. The number of carbonyl (C=O) groups is 1. The second-order valence-corrected chi connectivity index (χ2v) is 9.15. The van der Waals surface area contributed by atoms with Gasteiger partial charge in [0.2, 0.25) is 0 Å². The number of nitrogens with zero attached hydrogens (tertiary/aromatic N) is 3. The topological polar surface area (TPSA) is 69.7 Å². The SMILES string of the molecule is CNCCN(C)Cc1cccc(-c2cc(C(=O)NC3CCOC3)c3c(n2)N(C(C)C)C3)c1. The van der Waals surface area contributed by atoms with Gasteiger partial charge in [-0.3, -0.25) is 4.79 Å². The number of likely N-dealkylation sites (N-methyl/N-ethyl adjacent to an activating group) is 2. The van der Waals surface area contributed by atoms with Crippen LogP contribution in [0.15, 0.2) is 30.3 Å². The zero-order valence-electron chi connectivity index (χ0n) is 19.6. The van der Waals surface area contributed by atoms with E-state index in [9.17, 15) is 4.79 Å². The molecule has 172 valence electrons. The molecule has 7 nitrogen and oxygen atoms in total. The van der Waals surface area contributed by atoms with Crippen molar-refractivity contribution in [2.24, 2.45) is 0 Å². The predicted octanol–water partition coefficient (Wildman–Crippen LogP) is 2.65. The average Bonchev–Trinajstić information content (AvgIpc) is 3.25. The number of aromatic nitrogens is 1. The molecular weight excluding hydrogens is 402 g/mol. The molecule has 1 unspecified atom stereocenters. The molecule has 32 heavy (non-hydrogen) atoms. The van der Waals surface area contributed by atoms with Crippen LogP contribution in [0.1, 0.15) is 41.8 Å². The largest absolute Gasteiger partial charge is 0.379 e. The van der Waals surface area contributed by atoms with Gasteiger partial charge in [0.15, 0.2) is 0 Å². The van der Waals surface area contributed by atoms with Gasteiger partial charge in [0, 0.05) is 50.0 Å². The van der Waals surface area contributed by atoms with Gasteiger partial charge in [0.25, 0.3) is 5.91 Å². The molecule has 1 amide bonds. The van der Waals surface area contributed by atoms with Crippen molar-refractivity contribution < 1.29 is 9.53 Å². The molecule has 1 fully saturated rings. The van der Waals surface area contributed by atoms with E-state index in [2.05, 4.69) is 65.6 Å². The summed E-state index contributed by atoms with van der Waals surface area (Å²) in [6.45, 7) is 9.19. The third-order valence-corrected chi connectivity index (χ3v) is 6.25. The van der Waals surface area contributed by atoms with Gasteiger partial charge in [-0.1, -0.05) is 18.2 Å². The van der Waals surface area contributed by atoms with Crippen LogP contribution in [0.4, 0.5) is 5.82 Å². The Balaban J connectivity index is 1.62. The lowest BCUT2D eigenvalue weighted by Crippen LogP contribution is -2.42. The molecule has 0 bridgehead atoms. The van der Waals surface area contributed by atoms with E-state index in [0.29, 0.717) is 19.3 Å². The van der Waals surface area contributed by atoms with E-state index >= 15 is 0 Å². The molecule has 2 N–H and O–H groups in total. The maximum Gasteiger partial charge on any atom is 0.252 e. The fraction of sp³-hybridized carbons (Fsp3) is 0.520. The number of carbonyl (C=O) groups excluding carboxylic acids is 1. The van der Waals surface area contributed by atoms with Crippen molar-refractivity contribution >= 4 is 11.7 Å². The zero-order chi connectivity index (χ0) is 22.7. The summed E-state index contributed by atoms with van der Waals surface area (Å²) < 4.78 is 5.43. The number of amides is 1. The van der Waals surface area contributed by atoms with Gasteiger partial charge in [0.1, 0.15) is 5.82 Å². The molecule has 2 aromatic rings. The summed E-state index contributed by atoms with van der Waals surface area (Å²) in [6, 6.07) is 10.9. The molecule has 3 heterocycles. The molecule has 1 aromatic carbocycles. The van der Waals surface area contributed by atoms with E-state index < -0.39 is 0 Å².